The summed E-state index contributed by atoms with van der Waals surface area (Å²) in [7, 11) is 4.58. The molecule has 0 spiro atoms. The zero-order chi connectivity index (χ0) is 9.73. The number of hydrogen-bond donors (Lipinski definition) is 0. The van der Waals surface area contributed by atoms with E-state index in [2.05, 4.69) is 51.4 Å². The van der Waals surface area contributed by atoms with Crippen molar-refractivity contribution in [1.29, 1.82) is 0 Å². The molecule has 0 amide bonds. The third-order valence-corrected chi connectivity index (χ3v) is 2.28. The predicted molar refractivity (Wildman–Crippen MR) is 67.4 cm³/mol. The molecule has 0 saturated heterocycles. The second-order valence-electron chi connectivity index (χ2n) is 4.30. The highest BCUT2D eigenvalue weighted by molar-refractivity contribution is 5.75. The van der Waals surface area contributed by atoms with Gasteiger partial charge in [0.15, 0.2) is 17.4 Å². The molecule has 0 unspecified atom stereocenters. The summed E-state index contributed by atoms with van der Waals surface area (Å²) in [6.45, 7) is 4.62. The molecule has 0 atom stereocenters. The number of quaternary nitrogens is 1. The highest BCUT2D eigenvalue weighted by Crippen LogP contribution is 2.09. The summed E-state index contributed by atoms with van der Waals surface area (Å²) in [5.41, 5.74) is 1.43. The fourth-order valence-electron chi connectivity index (χ4n) is 1.76. The maximum atomic E-state index is 2.29. The van der Waals surface area contributed by atoms with E-state index >= 15 is 0 Å². The van der Waals surface area contributed by atoms with Crippen LogP contribution in [-0.4, -0.2) is 42.5 Å². The Bertz CT molecular complexity index is 244. The van der Waals surface area contributed by atoms with Crippen molar-refractivity contribution in [1.82, 2.24) is 0 Å². The van der Waals surface area contributed by atoms with Crippen molar-refractivity contribution < 1.29 is 4.48 Å². The van der Waals surface area contributed by atoms with Gasteiger partial charge >= 0.3 is 0 Å². The van der Waals surface area contributed by atoms with Crippen LogP contribution < -0.4 is 0 Å². The second-order valence-corrected chi connectivity index (χ2v) is 4.30. The largest absolute Gasteiger partial charge is 0.325 e. The maximum Gasteiger partial charge on any atom is 0.187 e. The van der Waals surface area contributed by atoms with Crippen molar-refractivity contribution >= 4 is 17.4 Å². The molecule has 0 fully saturated rings. The molecule has 1 aromatic carbocycles. The Morgan fingerprint density at radius 3 is 2.14 bits per heavy atom. The molecular weight excluding hydrogens is 185 g/mol. The summed E-state index contributed by atoms with van der Waals surface area (Å²) in [6, 6.07) is 10.7. The van der Waals surface area contributed by atoms with Gasteiger partial charge in [0.25, 0.3) is 0 Å². The minimum Gasteiger partial charge on any atom is -0.325 e. The Morgan fingerprint density at radius 1 is 1.07 bits per heavy atom. The van der Waals surface area contributed by atoms with E-state index < -0.39 is 0 Å². The molecule has 0 bridgehead atoms. The van der Waals surface area contributed by atoms with E-state index in [1.165, 1.54) is 18.5 Å². The van der Waals surface area contributed by atoms with Crippen molar-refractivity contribution in [3.05, 3.63) is 35.9 Å². The molecule has 0 N–H and O–H groups in total. The molecule has 1 rings (SSSR count). The van der Waals surface area contributed by atoms with Crippen molar-refractivity contribution in [3.8, 4) is 0 Å². The highest BCUT2D eigenvalue weighted by atomic mass is 27.0. The van der Waals surface area contributed by atoms with Crippen LogP contribution in [0.5, 0.6) is 0 Å². The molecule has 0 aliphatic heterocycles. The van der Waals surface area contributed by atoms with Crippen LogP contribution in [0, 0.1) is 0 Å². The molecule has 0 saturated carbocycles. The molecular formula is C12H23AlN+. The van der Waals surface area contributed by atoms with Gasteiger partial charge < -0.3 is 4.48 Å². The summed E-state index contributed by atoms with van der Waals surface area (Å²) in [4.78, 5) is 0. The van der Waals surface area contributed by atoms with Crippen molar-refractivity contribution in [2.45, 2.75) is 19.9 Å². The first kappa shape index (κ1) is 13.7. The van der Waals surface area contributed by atoms with Crippen LogP contribution in [0.4, 0.5) is 0 Å². The van der Waals surface area contributed by atoms with Gasteiger partial charge in [-0.05, 0) is 6.42 Å². The maximum absolute atomic E-state index is 2.29. The molecule has 1 aromatic rings. The topological polar surface area (TPSA) is 0 Å². The lowest BCUT2D eigenvalue weighted by Gasteiger charge is -2.29. The molecule has 14 heavy (non-hydrogen) atoms. The molecule has 0 aliphatic carbocycles. The summed E-state index contributed by atoms with van der Waals surface area (Å²) in [6.07, 6.45) is 1.25. The van der Waals surface area contributed by atoms with Gasteiger partial charge in [-0.1, -0.05) is 37.3 Å². The third kappa shape index (κ3) is 4.81. The monoisotopic (exact) mass is 208 g/mol. The Hall–Kier alpha value is -0.288. The van der Waals surface area contributed by atoms with Gasteiger partial charge in [0.1, 0.15) is 6.54 Å². The van der Waals surface area contributed by atoms with E-state index in [9.17, 15) is 0 Å². The summed E-state index contributed by atoms with van der Waals surface area (Å²) in [5.74, 6) is 0. The van der Waals surface area contributed by atoms with Gasteiger partial charge in [-0.15, -0.1) is 0 Å². The van der Waals surface area contributed by atoms with Crippen molar-refractivity contribution in [2.75, 3.05) is 20.6 Å². The fourth-order valence-corrected chi connectivity index (χ4v) is 1.76. The summed E-state index contributed by atoms with van der Waals surface area (Å²) < 4.78 is 1.08. The van der Waals surface area contributed by atoms with Crippen molar-refractivity contribution in [2.24, 2.45) is 0 Å². The second kappa shape index (κ2) is 6.24. The molecule has 78 valence electrons. The van der Waals surface area contributed by atoms with Gasteiger partial charge in [0.2, 0.25) is 0 Å². The van der Waals surface area contributed by atoms with Crippen LogP contribution in [0.2, 0.25) is 0 Å². The first-order valence-corrected chi connectivity index (χ1v) is 5.00. The summed E-state index contributed by atoms with van der Waals surface area (Å²) >= 11 is 0. The zero-order valence-corrected chi connectivity index (χ0v) is 8.96. The molecule has 0 radical (unpaired) electrons. The Kier molecular flexibility index (Phi) is 6.12. The molecule has 0 aromatic heterocycles. The predicted octanol–water partition coefficient (Wildman–Crippen LogP) is 1.49. The van der Waals surface area contributed by atoms with E-state index in [1.807, 2.05) is 0 Å². The number of benzene rings is 1. The SMILES string of the molecule is CCC[N+](C)(C)Cc1ccccc1.[AlH3]. The van der Waals surface area contributed by atoms with Crippen LogP contribution in [0.3, 0.4) is 0 Å². The van der Waals surface area contributed by atoms with E-state index in [1.54, 1.807) is 0 Å². The first-order valence-electron chi connectivity index (χ1n) is 5.00. The summed E-state index contributed by atoms with van der Waals surface area (Å²) in [5, 5.41) is 0. The highest BCUT2D eigenvalue weighted by Gasteiger charge is 2.13. The van der Waals surface area contributed by atoms with Crippen LogP contribution in [0.1, 0.15) is 18.9 Å². The van der Waals surface area contributed by atoms with E-state index in [0.717, 1.165) is 11.0 Å². The Labute approximate surface area is 98.5 Å². The average molecular weight is 208 g/mol. The minimum absolute atomic E-state index is 0. The van der Waals surface area contributed by atoms with Crippen LogP contribution in [-0.2, 0) is 6.54 Å². The quantitative estimate of drug-likeness (QED) is 0.519. The van der Waals surface area contributed by atoms with Gasteiger partial charge in [0.05, 0.1) is 20.6 Å². The lowest BCUT2D eigenvalue weighted by Crippen LogP contribution is -2.39. The molecule has 2 heteroatoms. The average Bonchev–Trinajstić information content (AvgIpc) is 2.04. The lowest BCUT2D eigenvalue weighted by atomic mass is 10.2. The number of nitrogens with zero attached hydrogens (tertiary/aromatic N) is 1. The normalized spacial score (nSPS) is 10.8. The van der Waals surface area contributed by atoms with Crippen LogP contribution >= 0.6 is 0 Å². The number of hydrogen-bond acceptors (Lipinski definition) is 0. The smallest absolute Gasteiger partial charge is 0.187 e. The van der Waals surface area contributed by atoms with E-state index in [0.29, 0.717) is 0 Å². The molecule has 0 aliphatic rings. The minimum atomic E-state index is 0. The Balaban J connectivity index is 0.00000169. The standard InChI is InChI=1S/C12H20N.Al.3H/c1-4-10-13(2,3)11-12-8-6-5-7-9-12;;;;/h5-9H,4,10-11H2,1-3H3;;;;/q+1;;;;. The third-order valence-electron chi connectivity index (χ3n) is 2.28. The molecule has 1 nitrogen and oxygen atoms in total. The van der Waals surface area contributed by atoms with Crippen LogP contribution in [0.25, 0.3) is 0 Å². The molecule has 0 heterocycles. The fraction of sp³-hybridized carbons (Fsp3) is 0.500. The van der Waals surface area contributed by atoms with Crippen LogP contribution in [0.15, 0.2) is 30.3 Å². The van der Waals surface area contributed by atoms with Gasteiger partial charge in [0, 0.05) is 5.56 Å². The number of rotatable bonds is 4. The zero-order valence-electron chi connectivity index (χ0n) is 8.96. The van der Waals surface area contributed by atoms with Crippen molar-refractivity contribution in [3.63, 3.8) is 0 Å². The van der Waals surface area contributed by atoms with E-state index in [4.69, 9.17) is 0 Å². The van der Waals surface area contributed by atoms with Gasteiger partial charge in [-0.25, -0.2) is 0 Å². The van der Waals surface area contributed by atoms with Gasteiger partial charge in [-0.3, -0.25) is 0 Å². The van der Waals surface area contributed by atoms with Gasteiger partial charge in [-0.2, -0.15) is 0 Å². The first-order chi connectivity index (χ1) is 6.14. The lowest BCUT2D eigenvalue weighted by molar-refractivity contribution is -0.903. The Morgan fingerprint density at radius 2 is 1.64 bits per heavy atom. The van der Waals surface area contributed by atoms with E-state index in [-0.39, 0.29) is 17.4 Å².